The Labute approximate surface area is 145 Å². The standard InChI is InChI=1S/C14H15BrN4O3S/c1-9-17-11(8-23-9)7-22-12-2-3-18(6-12)14-13(19(20)21)4-10(15)5-16-14/h4-5,8,12H,2-3,6-7H2,1H3. The molecule has 0 aliphatic carbocycles. The van der Waals surface area contributed by atoms with Gasteiger partial charge in [-0.2, -0.15) is 0 Å². The van der Waals surface area contributed by atoms with Gasteiger partial charge in [0, 0.05) is 35.2 Å². The van der Waals surface area contributed by atoms with Gasteiger partial charge in [-0.3, -0.25) is 10.1 Å². The number of thiazole rings is 1. The molecule has 122 valence electrons. The molecule has 0 N–H and O–H groups in total. The van der Waals surface area contributed by atoms with Gasteiger partial charge in [0.1, 0.15) is 0 Å². The molecule has 3 heterocycles. The minimum absolute atomic E-state index is 0.00940. The summed E-state index contributed by atoms with van der Waals surface area (Å²) >= 11 is 4.82. The maximum atomic E-state index is 11.2. The summed E-state index contributed by atoms with van der Waals surface area (Å²) < 4.78 is 6.47. The highest BCUT2D eigenvalue weighted by molar-refractivity contribution is 9.10. The number of aromatic nitrogens is 2. The fourth-order valence-corrected chi connectivity index (χ4v) is 3.45. The fraction of sp³-hybridized carbons (Fsp3) is 0.429. The van der Waals surface area contributed by atoms with E-state index in [0.29, 0.717) is 30.0 Å². The molecule has 7 nitrogen and oxygen atoms in total. The zero-order chi connectivity index (χ0) is 16.4. The second kappa shape index (κ2) is 6.90. The van der Waals surface area contributed by atoms with Gasteiger partial charge in [0.05, 0.1) is 28.3 Å². The summed E-state index contributed by atoms with van der Waals surface area (Å²) in [6.45, 7) is 3.72. The van der Waals surface area contributed by atoms with Gasteiger partial charge in [-0.25, -0.2) is 9.97 Å². The van der Waals surface area contributed by atoms with Crippen LogP contribution in [0.2, 0.25) is 0 Å². The van der Waals surface area contributed by atoms with Crippen LogP contribution in [0.4, 0.5) is 11.5 Å². The predicted molar refractivity (Wildman–Crippen MR) is 90.8 cm³/mol. The number of hydrogen-bond donors (Lipinski definition) is 0. The topological polar surface area (TPSA) is 81.4 Å². The van der Waals surface area contributed by atoms with E-state index in [1.54, 1.807) is 17.5 Å². The van der Waals surface area contributed by atoms with Crippen molar-refractivity contribution in [1.29, 1.82) is 0 Å². The summed E-state index contributed by atoms with van der Waals surface area (Å²) in [7, 11) is 0. The van der Waals surface area contributed by atoms with Crippen LogP contribution in [0.3, 0.4) is 0 Å². The van der Waals surface area contributed by atoms with Crippen molar-refractivity contribution in [3.05, 3.63) is 42.9 Å². The Morgan fingerprint density at radius 2 is 2.43 bits per heavy atom. The largest absolute Gasteiger partial charge is 0.370 e. The summed E-state index contributed by atoms with van der Waals surface area (Å²) in [6.07, 6.45) is 2.43. The van der Waals surface area contributed by atoms with Crippen molar-refractivity contribution in [2.75, 3.05) is 18.0 Å². The lowest BCUT2D eigenvalue weighted by atomic mass is 10.3. The second-order valence-electron chi connectivity index (χ2n) is 5.28. The van der Waals surface area contributed by atoms with E-state index in [4.69, 9.17) is 4.74 Å². The Balaban J connectivity index is 1.64. The van der Waals surface area contributed by atoms with Crippen molar-refractivity contribution in [1.82, 2.24) is 9.97 Å². The molecule has 0 radical (unpaired) electrons. The van der Waals surface area contributed by atoms with E-state index in [-0.39, 0.29) is 11.8 Å². The minimum atomic E-state index is -0.403. The maximum Gasteiger partial charge on any atom is 0.312 e. The molecule has 0 bridgehead atoms. The molecule has 2 aromatic heterocycles. The number of rotatable bonds is 5. The van der Waals surface area contributed by atoms with Crippen LogP contribution in [0, 0.1) is 17.0 Å². The average Bonchev–Trinajstić information content (AvgIpc) is 3.14. The maximum absolute atomic E-state index is 11.2. The summed E-state index contributed by atoms with van der Waals surface area (Å²) in [4.78, 5) is 21.3. The Kier molecular flexibility index (Phi) is 4.88. The first-order chi connectivity index (χ1) is 11.0. The third kappa shape index (κ3) is 3.85. The number of nitrogens with zero attached hydrogens (tertiary/aromatic N) is 4. The van der Waals surface area contributed by atoms with Gasteiger partial charge < -0.3 is 9.64 Å². The number of nitro groups is 1. The normalized spacial score (nSPS) is 17.7. The van der Waals surface area contributed by atoms with Crippen LogP contribution in [0.25, 0.3) is 0 Å². The van der Waals surface area contributed by atoms with Crippen LogP contribution in [-0.2, 0) is 11.3 Å². The molecular formula is C14H15BrN4O3S. The van der Waals surface area contributed by atoms with E-state index in [0.717, 1.165) is 17.1 Å². The van der Waals surface area contributed by atoms with Gasteiger partial charge in [-0.15, -0.1) is 11.3 Å². The van der Waals surface area contributed by atoms with Gasteiger partial charge in [-0.1, -0.05) is 0 Å². The second-order valence-corrected chi connectivity index (χ2v) is 7.26. The molecule has 1 atom stereocenters. The quantitative estimate of drug-likeness (QED) is 0.567. The summed E-state index contributed by atoms with van der Waals surface area (Å²) in [5, 5.41) is 14.2. The number of ether oxygens (including phenoxy) is 1. The predicted octanol–water partition coefficient (Wildman–Crippen LogP) is 3.31. The highest BCUT2D eigenvalue weighted by atomic mass is 79.9. The molecule has 0 amide bonds. The molecular weight excluding hydrogens is 384 g/mol. The number of pyridine rings is 1. The highest BCUT2D eigenvalue weighted by Crippen LogP contribution is 2.31. The minimum Gasteiger partial charge on any atom is -0.370 e. The Morgan fingerprint density at radius 1 is 1.61 bits per heavy atom. The van der Waals surface area contributed by atoms with Crippen molar-refractivity contribution in [3.63, 3.8) is 0 Å². The van der Waals surface area contributed by atoms with Crippen molar-refractivity contribution >= 4 is 38.8 Å². The van der Waals surface area contributed by atoms with Crippen LogP contribution >= 0.6 is 27.3 Å². The first-order valence-corrected chi connectivity index (χ1v) is 8.77. The zero-order valence-corrected chi connectivity index (χ0v) is 14.8. The molecule has 0 aromatic carbocycles. The number of anilines is 1. The highest BCUT2D eigenvalue weighted by Gasteiger charge is 2.29. The SMILES string of the molecule is Cc1nc(COC2CCN(c3ncc(Br)cc3[N+](=O)[O-])C2)cs1. The summed E-state index contributed by atoms with van der Waals surface area (Å²) in [5.41, 5.74) is 0.939. The van der Waals surface area contributed by atoms with E-state index in [1.165, 1.54) is 6.07 Å². The molecule has 1 saturated heterocycles. The number of hydrogen-bond acceptors (Lipinski definition) is 7. The summed E-state index contributed by atoms with van der Waals surface area (Å²) in [6, 6.07) is 1.48. The van der Waals surface area contributed by atoms with Crippen LogP contribution < -0.4 is 4.90 Å². The van der Waals surface area contributed by atoms with Crippen LogP contribution in [0.15, 0.2) is 22.1 Å². The molecule has 3 rings (SSSR count). The first kappa shape index (κ1) is 16.3. The molecule has 1 fully saturated rings. The van der Waals surface area contributed by atoms with E-state index < -0.39 is 4.92 Å². The fourth-order valence-electron chi connectivity index (χ4n) is 2.53. The molecule has 1 unspecified atom stereocenters. The van der Waals surface area contributed by atoms with Crippen molar-refractivity contribution in [3.8, 4) is 0 Å². The van der Waals surface area contributed by atoms with Gasteiger partial charge in [0.2, 0.25) is 5.82 Å². The van der Waals surface area contributed by atoms with Crippen molar-refractivity contribution < 1.29 is 9.66 Å². The van der Waals surface area contributed by atoms with Crippen molar-refractivity contribution in [2.24, 2.45) is 0 Å². The monoisotopic (exact) mass is 398 g/mol. The first-order valence-electron chi connectivity index (χ1n) is 7.10. The van der Waals surface area contributed by atoms with E-state index in [1.807, 2.05) is 17.2 Å². The summed E-state index contributed by atoms with van der Waals surface area (Å²) in [5.74, 6) is 0.397. The Hall–Kier alpha value is -1.58. The lowest BCUT2D eigenvalue weighted by molar-refractivity contribution is -0.384. The number of halogens is 1. The third-order valence-corrected chi connectivity index (χ3v) is 4.84. The van der Waals surface area contributed by atoms with Crippen LogP contribution in [0.1, 0.15) is 17.1 Å². The van der Waals surface area contributed by atoms with Gasteiger partial charge in [0.25, 0.3) is 0 Å². The van der Waals surface area contributed by atoms with Gasteiger partial charge in [0.15, 0.2) is 0 Å². The average molecular weight is 399 g/mol. The van der Waals surface area contributed by atoms with E-state index >= 15 is 0 Å². The van der Waals surface area contributed by atoms with Crippen LogP contribution in [0.5, 0.6) is 0 Å². The Morgan fingerprint density at radius 3 is 3.13 bits per heavy atom. The molecule has 0 spiro atoms. The molecule has 9 heteroatoms. The molecule has 23 heavy (non-hydrogen) atoms. The third-order valence-electron chi connectivity index (χ3n) is 3.59. The lowest BCUT2D eigenvalue weighted by Gasteiger charge is -2.17. The van der Waals surface area contributed by atoms with Crippen LogP contribution in [-0.4, -0.2) is 34.1 Å². The molecule has 0 saturated carbocycles. The number of aryl methyl sites for hydroxylation is 1. The van der Waals surface area contributed by atoms with Gasteiger partial charge >= 0.3 is 5.69 Å². The Bertz CT molecular complexity index is 724. The zero-order valence-electron chi connectivity index (χ0n) is 12.4. The van der Waals surface area contributed by atoms with E-state index in [9.17, 15) is 10.1 Å². The molecule has 1 aliphatic heterocycles. The molecule has 1 aliphatic rings. The van der Waals surface area contributed by atoms with Gasteiger partial charge in [-0.05, 0) is 29.3 Å². The van der Waals surface area contributed by atoms with E-state index in [2.05, 4.69) is 25.9 Å². The molecule has 2 aromatic rings. The van der Waals surface area contributed by atoms with Crippen molar-refractivity contribution in [2.45, 2.75) is 26.1 Å². The lowest BCUT2D eigenvalue weighted by Crippen LogP contribution is -2.24. The smallest absolute Gasteiger partial charge is 0.312 e.